The number of benzene rings is 3. The summed E-state index contributed by atoms with van der Waals surface area (Å²) in [5.74, 6) is 5.51. The molecule has 0 spiro atoms. The fourth-order valence-corrected chi connectivity index (χ4v) is 12.5. The molecule has 4 heterocycles. The molecule has 0 bridgehead atoms. The number of likely N-dealkylation sites (N-methyl/N-ethyl adjacent to an activating group) is 1. The van der Waals surface area contributed by atoms with E-state index >= 15 is 0 Å². The number of nitrogens with one attached hydrogen (secondary N) is 2. The van der Waals surface area contributed by atoms with Gasteiger partial charge in [0.1, 0.15) is 40.6 Å². The summed E-state index contributed by atoms with van der Waals surface area (Å²) in [7, 11) is -3.28. The first-order chi connectivity index (χ1) is 39.1. The van der Waals surface area contributed by atoms with Gasteiger partial charge >= 0.3 is 0 Å². The molecule has 0 aromatic heterocycles. The summed E-state index contributed by atoms with van der Waals surface area (Å²) in [5, 5.41) is 28.5. The normalized spacial score (nSPS) is 21.0. The van der Waals surface area contributed by atoms with Gasteiger partial charge in [-0.15, -0.1) is 0 Å². The van der Waals surface area contributed by atoms with Crippen LogP contribution in [0.1, 0.15) is 142 Å². The molecule has 19 nitrogen and oxygen atoms in total. The molecule has 22 heteroatoms. The van der Waals surface area contributed by atoms with E-state index in [1.165, 1.54) is 54.4 Å². The second-order valence-electron chi connectivity index (χ2n) is 24.8. The van der Waals surface area contributed by atoms with Gasteiger partial charge in [0.05, 0.1) is 71.0 Å². The van der Waals surface area contributed by atoms with Gasteiger partial charge in [-0.3, -0.25) is 19.7 Å². The lowest BCUT2D eigenvalue weighted by atomic mass is 9.81. The number of allylic oxidation sites excluding steroid dienone is 4. The average Bonchev–Trinajstić information content (AvgIpc) is 1.77. The predicted molar refractivity (Wildman–Crippen MR) is 327 cm³/mol. The number of unbranched alkanes of at least 4 members (excludes halogenated alkanes) is 2. The van der Waals surface area contributed by atoms with E-state index in [0.717, 1.165) is 29.2 Å². The fraction of sp³-hybridized carbons (Fsp3) is 0.500. The standard InChI is InChI=1S/C62H81N6O13PS2/c1-15-65-47-27-25-39(2)31-45(47)61(10,11)53(65)22-19-23-54-62(12,13)46-33-43(84(75,76)77)26-28-48(46)66(54)30-18-16-17-24-55(70)63-29-20-21-41-32-49(68(72)73)44(34-51(41)78-14)57(59(4,5)6)79-37-42-36-67(40(3)64-58(42)71)56-35-50(69)52(81-56)38-80-82(74,83)60(7,8)9/h19,22-23,25-28,31-34,36,50,52,56-57,69H,3,15-18,24,29-30,35,37-38H2,1-2,4-14H3,(H3-,63,64,70,71,74,75,76,77,83)/t50-,52-,56-,57-,82?/m1/s1. The molecule has 7 rings (SSSR count). The van der Waals surface area contributed by atoms with Crippen molar-refractivity contribution >= 4 is 63.0 Å². The van der Waals surface area contributed by atoms with E-state index in [1.807, 2.05) is 34.6 Å². The van der Waals surface area contributed by atoms with Crippen molar-refractivity contribution in [1.29, 1.82) is 0 Å². The molecule has 3 aromatic rings. The van der Waals surface area contributed by atoms with E-state index in [0.29, 0.717) is 25.8 Å². The van der Waals surface area contributed by atoms with Gasteiger partial charge in [0.15, 0.2) is 12.2 Å². The number of amides is 2. The molecule has 4 aliphatic rings. The van der Waals surface area contributed by atoms with Crippen molar-refractivity contribution in [3.8, 4) is 17.6 Å². The minimum Gasteiger partial charge on any atom is -0.744 e. The highest BCUT2D eigenvalue weighted by Gasteiger charge is 2.46. The highest BCUT2D eigenvalue weighted by atomic mass is 32.5. The minimum absolute atomic E-state index is 0.0397. The zero-order valence-electron chi connectivity index (χ0n) is 50.5. The molecule has 2 amide bonds. The molecular weight excluding hydrogens is 1130 g/mol. The average molecular weight is 1210 g/mol. The number of fused-ring (bicyclic) bond motifs is 2. The van der Waals surface area contributed by atoms with Crippen LogP contribution in [0.3, 0.4) is 0 Å². The third kappa shape index (κ3) is 14.3. The highest BCUT2D eigenvalue weighted by Crippen LogP contribution is 2.56. The maximum atomic E-state index is 13.3. The number of methoxy groups -OCH3 is 1. The third-order valence-electron chi connectivity index (χ3n) is 15.9. The Morgan fingerprint density at radius 2 is 1.80 bits per heavy atom. The van der Waals surface area contributed by atoms with Crippen LogP contribution < -0.4 is 20.3 Å². The van der Waals surface area contributed by atoms with Crippen molar-refractivity contribution in [2.45, 2.75) is 161 Å². The molecular formula is C62H81N6O13PS2. The van der Waals surface area contributed by atoms with Crippen LogP contribution in [0.15, 0.2) is 102 Å². The van der Waals surface area contributed by atoms with Gasteiger partial charge in [0.25, 0.3) is 11.6 Å². The summed E-state index contributed by atoms with van der Waals surface area (Å²) in [5.41, 5.74) is 5.95. The van der Waals surface area contributed by atoms with Gasteiger partial charge < -0.3 is 53.7 Å². The lowest BCUT2D eigenvalue weighted by molar-refractivity contribution is -0.438. The topological polar surface area (TPSA) is 245 Å². The number of aliphatic hydroxyl groups excluding tert-OH is 1. The zero-order valence-corrected chi connectivity index (χ0v) is 53.0. The van der Waals surface area contributed by atoms with Gasteiger partial charge in [-0.05, 0) is 93.7 Å². The maximum absolute atomic E-state index is 13.3. The van der Waals surface area contributed by atoms with Gasteiger partial charge in [-0.25, -0.2) is 8.42 Å². The van der Waals surface area contributed by atoms with E-state index in [2.05, 4.69) is 103 Å². The van der Waals surface area contributed by atoms with E-state index in [9.17, 15) is 42.7 Å². The van der Waals surface area contributed by atoms with Crippen molar-refractivity contribution in [3.63, 3.8) is 0 Å². The first-order valence-electron chi connectivity index (χ1n) is 28.2. The number of carbonyl (C=O) groups excluding carboxylic acids is 2. The Morgan fingerprint density at radius 1 is 1.08 bits per heavy atom. The molecule has 3 aromatic carbocycles. The molecule has 1 fully saturated rings. The van der Waals surface area contributed by atoms with Gasteiger partial charge in [-0.2, -0.15) is 4.58 Å². The summed E-state index contributed by atoms with van der Waals surface area (Å²) >= 11 is 5.34. The van der Waals surface area contributed by atoms with Crippen molar-refractivity contribution in [2.75, 3.05) is 44.9 Å². The van der Waals surface area contributed by atoms with Crippen LogP contribution >= 0.6 is 6.49 Å². The van der Waals surface area contributed by atoms with E-state index in [1.54, 1.807) is 31.7 Å². The molecule has 0 saturated carbocycles. The maximum Gasteiger partial charge on any atom is 0.276 e. The van der Waals surface area contributed by atoms with Crippen molar-refractivity contribution in [2.24, 2.45) is 5.41 Å². The fourth-order valence-electron chi connectivity index (χ4n) is 11.1. The van der Waals surface area contributed by atoms with Crippen molar-refractivity contribution in [3.05, 3.63) is 135 Å². The molecule has 4 N–H and O–H groups in total. The van der Waals surface area contributed by atoms with Crippen LogP contribution in [-0.4, -0.2) is 118 Å². The van der Waals surface area contributed by atoms with Gasteiger partial charge in [-0.1, -0.05) is 97.6 Å². The first kappa shape index (κ1) is 65.5. The third-order valence-corrected chi connectivity index (χ3v) is 20.8. The summed E-state index contributed by atoms with van der Waals surface area (Å²) in [6.45, 7) is 25.2. The Labute approximate surface area is 499 Å². The SMILES string of the molecule is C=C1NC(=O)C(CO[C@H](c2cc(OC)c(C#CCNC(=O)CCCCC[N+]3=C(C=CC=C4N(CC)c5ccc(C)cc5C4(C)C)C(C)(C)c4cc(S(=O)(=O)[O-])ccc43)cc2[N+](=O)[O-])C(C)(C)C)=CN1[C@H]1C[C@@H](O)[C@@H](COP(O)(=S)C(C)(C)C)O1. The lowest BCUT2D eigenvalue weighted by Gasteiger charge is -2.35. The lowest BCUT2D eigenvalue weighted by Crippen LogP contribution is -2.44. The quantitative estimate of drug-likeness (QED) is 0.0147. The monoisotopic (exact) mass is 1210 g/mol. The second-order valence-corrected chi connectivity index (χ2v) is 30.3. The summed E-state index contributed by atoms with van der Waals surface area (Å²) in [6.07, 6.45) is 6.58. The Bertz CT molecular complexity index is 3450. The number of anilines is 1. The van der Waals surface area contributed by atoms with Crippen LogP contribution in [0.25, 0.3) is 0 Å². The Balaban J connectivity index is 0.986. The molecule has 1 saturated heterocycles. The molecule has 0 radical (unpaired) electrons. The first-order valence-corrected chi connectivity index (χ1v) is 32.3. The molecule has 1 unspecified atom stereocenters. The minimum atomic E-state index is -4.70. The molecule has 454 valence electrons. The number of nitrogens with zero attached hydrogens (tertiary/aromatic N) is 4. The van der Waals surface area contributed by atoms with Crippen LogP contribution in [0.4, 0.5) is 17.1 Å². The second kappa shape index (κ2) is 25.5. The predicted octanol–water partition coefficient (Wildman–Crippen LogP) is 9.66. The number of aliphatic hydroxyl groups is 1. The van der Waals surface area contributed by atoms with Crippen LogP contribution in [0.2, 0.25) is 0 Å². The summed E-state index contributed by atoms with van der Waals surface area (Å²) in [4.78, 5) is 53.0. The number of hydrogen-bond acceptors (Lipinski definition) is 15. The summed E-state index contributed by atoms with van der Waals surface area (Å²) in [6, 6.07) is 13.9. The largest absolute Gasteiger partial charge is 0.744 e. The van der Waals surface area contributed by atoms with E-state index < -0.39 is 68.0 Å². The van der Waals surface area contributed by atoms with E-state index in [4.69, 9.17) is 30.5 Å². The zero-order chi connectivity index (χ0) is 62.1. The van der Waals surface area contributed by atoms with Crippen LogP contribution in [0.5, 0.6) is 5.75 Å². The Kier molecular flexibility index (Phi) is 19.9. The number of nitro benzene ring substituents is 1. The molecule has 84 heavy (non-hydrogen) atoms. The number of nitro groups is 1. The van der Waals surface area contributed by atoms with Crippen molar-refractivity contribution < 1.29 is 60.8 Å². The van der Waals surface area contributed by atoms with E-state index in [-0.39, 0.29) is 82.8 Å². The Hall–Kier alpha value is -6.05. The number of aryl methyl sites for hydroxylation is 1. The van der Waals surface area contributed by atoms with Crippen LogP contribution in [-0.2, 0) is 56.3 Å². The smallest absolute Gasteiger partial charge is 0.276 e. The molecule has 5 atom stereocenters. The van der Waals surface area contributed by atoms with Gasteiger partial charge in [0.2, 0.25) is 11.6 Å². The molecule has 0 aliphatic carbocycles. The Morgan fingerprint density at radius 3 is 2.44 bits per heavy atom. The number of ether oxygens (including phenoxy) is 3. The molecule has 4 aliphatic heterocycles. The van der Waals surface area contributed by atoms with Gasteiger partial charge in [0, 0.05) is 77.7 Å². The highest BCUT2D eigenvalue weighted by molar-refractivity contribution is 8.10. The summed E-state index contributed by atoms with van der Waals surface area (Å²) < 4.78 is 62.6. The number of rotatable bonds is 21. The number of carbonyl (C=O) groups is 2. The van der Waals surface area contributed by atoms with Crippen molar-refractivity contribution in [1.82, 2.24) is 15.5 Å². The van der Waals surface area contributed by atoms with Crippen LogP contribution in [0, 0.1) is 34.3 Å². The number of hydrogen-bond donors (Lipinski definition) is 4.